The van der Waals surface area contributed by atoms with E-state index >= 15 is 0 Å². The Kier molecular flexibility index (Phi) is 4.20. The summed E-state index contributed by atoms with van der Waals surface area (Å²) in [6.45, 7) is 0.570. The fraction of sp³-hybridized carbons (Fsp3) is 0.0909. The molecule has 0 fully saturated rings. The van der Waals surface area contributed by atoms with E-state index in [1.165, 1.54) is 6.33 Å². The summed E-state index contributed by atoms with van der Waals surface area (Å²) in [6, 6.07) is 5.54. The normalized spacial score (nSPS) is 10.3. The molecule has 1 heterocycles. The number of nitrogens with zero attached hydrogens (tertiary/aromatic N) is 2. The Hall–Kier alpha value is -0.840. The minimum Gasteiger partial charge on any atom is -0.378 e. The molecule has 0 aliphatic heterocycles. The Bertz CT molecular complexity index is 520. The van der Waals surface area contributed by atoms with E-state index in [1.54, 1.807) is 6.20 Å². The van der Waals surface area contributed by atoms with E-state index < -0.39 is 0 Å². The third-order valence-electron chi connectivity index (χ3n) is 2.14. The van der Waals surface area contributed by atoms with E-state index in [1.807, 2.05) is 18.2 Å². The van der Waals surface area contributed by atoms with Crippen LogP contribution in [0.2, 0.25) is 10.0 Å². The Morgan fingerprint density at radius 1 is 1.18 bits per heavy atom. The Morgan fingerprint density at radius 3 is 2.71 bits per heavy atom. The van der Waals surface area contributed by atoms with Gasteiger partial charge in [-0.15, -0.1) is 0 Å². The number of hydrogen-bond acceptors (Lipinski definition) is 3. The lowest BCUT2D eigenvalue weighted by Crippen LogP contribution is -2.02. The number of anilines is 1. The highest BCUT2D eigenvalue weighted by atomic mass is 79.9. The molecule has 2 aromatic rings. The first kappa shape index (κ1) is 12.6. The van der Waals surface area contributed by atoms with Gasteiger partial charge in [0.25, 0.3) is 0 Å². The van der Waals surface area contributed by atoms with Gasteiger partial charge in [0.1, 0.15) is 6.33 Å². The molecule has 1 aromatic carbocycles. The summed E-state index contributed by atoms with van der Waals surface area (Å²) in [5.74, 6) is 0. The first-order valence-corrected chi connectivity index (χ1v) is 6.35. The van der Waals surface area contributed by atoms with Crippen molar-refractivity contribution in [3.05, 3.63) is 50.9 Å². The van der Waals surface area contributed by atoms with Crippen LogP contribution in [0.5, 0.6) is 0 Å². The molecule has 0 aliphatic rings. The molecule has 6 heteroatoms. The zero-order valence-corrected chi connectivity index (χ0v) is 11.7. The molecule has 0 atom stereocenters. The monoisotopic (exact) mass is 331 g/mol. The molecule has 2 rings (SSSR count). The Morgan fingerprint density at radius 2 is 2.00 bits per heavy atom. The molecule has 88 valence electrons. The van der Waals surface area contributed by atoms with Crippen LogP contribution in [0.1, 0.15) is 5.69 Å². The second-order valence-electron chi connectivity index (χ2n) is 3.28. The average Bonchev–Trinajstić information content (AvgIpc) is 2.36. The number of hydrogen-bond donors (Lipinski definition) is 1. The van der Waals surface area contributed by atoms with E-state index in [2.05, 4.69) is 31.2 Å². The van der Waals surface area contributed by atoms with E-state index in [-0.39, 0.29) is 0 Å². The molecular weight excluding hydrogens is 325 g/mol. The predicted octanol–water partition coefficient (Wildman–Crippen LogP) is 4.16. The zero-order chi connectivity index (χ0) is 12.3. The summed E-state index contributed by atoms with van der Waals surface area (Å²) in [6.07, 6.45) is 3.20. The maximum atomic E-state index is 6.11. The molecule has 0 amide bonds. The Labute approximate surface area is 117 Å². The van der Waals surface area contributed by atoms with Crippen molar-refractivity contribution in [3.8, 4) is 0 Å². The summed E-state index contributed by atoms with van der Waals surface area (Å²) >= 11 is 15.4. The van der Waals surface area contributed by atoms with Crippen LogP contribution in [0.15, 0.2) is 35.2 Å². The first-order valence-electron chi connectivity index (χ1n) is 4.80. The van der Waals surface area contributed by atoms with Crippen molar-refractivity contribution >= 4 is 44.8 Å². The average molecular weight is 333 g/mol. The molecule has 0 saturated heterocycles. The van der Waals surface area contributed by atoms with Gasteiger partial charge in [-0.25, -0.2) is 9.97 Å². The van der Waals surface area contributed by atoms with Gasteiger partial charge in [0.2, 0.25) is 0 Å². The van der Waals surface area contributed by atoms with Crippen LogP contribution >= 0.6 is 39.1 Å². The lowest BCUT2D eigenvalue weighted by Gasteiger charge is -2.09. The molecule has 0 bridgehead atoms. The van der Waals surface area contributed by atoms with Crippen molar-refractivity contribution in [2.45, 2.75) is 6.54 Å². The summed E-state index contributed by atoms with van der Waals surface area (Å²) in [5, 5.41) is 4.16. The predicted molar refractivity (Wildman–Crippen MR) is 73.5 cm³/mol. The van der Waals surface area contributed by atoms with Gasteiger partial charge in [0.15, 0.2) is 0 Å². The van der Waals surface area contributed by atoms with Crippen LogP contribution in [0.4, 0.5) is 5.69 Å². The topological polar surface area (TPSA) is 37.8 Å². The van der Waals surface area contributed by atoms with E-state index in [0.717, 1.165) is 15.9 Å². The third-order valence-corrected chi connectivity index (χ3v) is 3.91. The van der Waals surface area contributed by atoms with Crippen LogP contribution in [0.25, 0.3) is 0 Å². The van der Waals surface area contributed by atoms with Gasteiger partial charge >= 0.3 is 0 Å². The fourth-order valence-electron chi connectivity index (χ4n) is 1.27. The molecule has 0 spiro atoms. The molecule has 3 nitrogen and oxygen atoms in total. The molecule has 17 heavy (non-hydrogen) atoms. The molecule has 1 aromatic heterocycles. The van der Waals surface area contributed by atoms with Crippen molar-refractivity contribution < 1.29 is 0 Å². The highest BCUT2D eigenvalue weighted by molar-refractivity contribution is 9.10. The summed E-state index contributed by atoms with van der Waals surface area (Å²) < 4.78 is 0.775. The second-order valence-corrected chi connectivity index (χ2v) is 4.89. The zero-order valence-electron chi connectivity index (χ0n) is 8.62. The lowest BCUT2D eigenvalue weighted by molar-refractivity contribution is 1.01. The van der Waals surface area contributed by atoms with Crippen molar-refractivity contribution in [1.82, 2.24) is 9.97 Å². The number of rotatable bonds is 3. The van der Waals surface area contributed by atoms with Crippen LogP contribution < -0.4 is 5.32 Å². The number of nitrogens with one attached hydrogen (secondary N) is 1. The van der Waals surface area contributed by atoms with Gasteiger partial charge in [-0.1, -0.05) is 23.2 Å². The van der Waals surface area contributed by atoms with Crippen LogP contribution in [0.3, 0.4) is 0 Å². The van der Waals surface area contributed by atoms with Gasteiger partial charge in [-0.2, -0.15) is 0 Å². The summed E-state index contributed by atoms with van der Waals surface area (Å²) in [7, 11) is 0. The van der Waals surface area contributed by atoms with Gasteiger partial charge in [-0.3, -0.25) is 0 Å². The molecule has 0 unspecified atom stereocenters. The highest BCUT2D eigenvalue weighted by Gasteiger charge is 2.07. The molecular formula is C11H8BrCl2N3. The van der Waals surface area contributed by atoms with Crippen LogP contribution in [0, 0.1) is 0 Å². The third kappa shape index (κ3) is 3.09. The maximum absolute atomic E-state index is 6.11. The van der Waals surface area contributed by atoms with Crippen molar-refractivity contribution in [3.63, 3.8) is 0 Å². The minimum absolute atomic E-state index is 0.495. The fourth-order valence-corrected chi connectivity index (χ4v) is 2.11. The number of benzene rings is 1. The number of aromatic nitrogens is 2. The van der Waals surface area contributed by atoms with Crippen LogP contribution in [-0.2, 0) is 6.54 Å². The van der Waals surface area contributed by atoms with Gasteiger partial charge in [0, 0.05) is 10.7 Å². The smallest absolute Gasteiger partial charge is 0.115 e. The highest BCUT2D eigenvalue weighted by Crippen LogP contribution is 2.35. The summed E-state index contributed by atoms with van der Waals surface area (Å²) in [4.78, 5) is 7.96. The molecule has 0 aliphatic carbocycles. The molecule has 0 saturated carbocycles. The van der Waals surface area contributed by atoms with Gasteiger partial charge in [-0.05, 0) is 34.1 Å². The van der Waals surface area contributed by atoms with Gasteiger partial charge in [0.05, 0.1) is 28.0 Å². The quantitative estimate of drug-likeness (QED) is 0.858. The Balaban J connectivity index is 2.13. The minimum atomic E-state index is 0.495. The standard InChI is InChI=1S/C11H8BrCl2N3/c12-8-1-2-9(11(14)10(8)13)16-5-7-3-4-15-6-17-7/h1-4,6,16H,5H2. The SMILES string of the molecule is Clc1c(Br)ccc(NCc2ccncn2)c1Cl. The van der Waals surface area contributed by atoms with Crippen molar-refractivity contribution in [2.24, 2.45) is 0 Å². The maximum Gasteiger partial charge on any atom is 0.115 e. The largest absolute Gasteiger partial charge is 0.378 e. The van der Waals surface area contributed by atoms with Crippen molar-refractivity contribution in [1.29, 1.82) is 0 Å². The van der Waals surface area contributed by atoms with E-state index in [4.69, 9.17) is 23.2 Å². The molecule has 1 N–H and O–H groups in total. The van der Waals surface area contributed by atoms with E-state index in [0.29, 0.717) is 16.6 Å². The summed E-state index contributed by atoms with van der Waals surface area (Å²) in [5.41, 5.74) is 1.66. The molecule has 0 radical (unpaired) electrons. The number of halogens is 3. The van der Waals surface area contributed by atoms with Gasteiger partial charge < -0.3 is 5.32 Å². The van der Waals surface area contributed by atoms with Crippen LogP contribution in [-0.4, -0.2) is 9.97 Å². The lowest BCUT2D eigenvalue weighted by atomic mass is 10.3. The second kappa shape index (κ2) is 5.67. The first-order chi connectivity index (χ1) is 8.18. The van der Waals surface area contributed by atoms with Crippen molar-refractivity contribution in [2.75, 3.05) is 5.32 Å². The van der Waals surface area contributed by atoms with E-state index in [9.17, 15) is 0 Å².